The molecule has 0 amide bonds. The van der Waals surface area contributed by atoms with Crippen LogP contribution in [0.15, 0.2) is 53.5 Å². The normalized spacial score (nSPS) is 13.8. The van der Waals surface area contributed by atoms with Crippen LogP contribution < -0.4 is 5.32 Å². The number of carbonyl (C=O) groups excluding carboxylic acids is 1. The molecule has 0 radical (unpaired) electrons. The highest BCUT2D eigenvalue weighted by Gasteiger charge is 2.14. The second-order valence-corrected chi connectivity index (χ2v) is 6.87. The molecule has 1 aromatic heterocycles. The Morgan fingerprint density at radius 1 is 1.15 bits per heavy atom. The summed E-state index contributed by atoms with van der Waals surface area (Å²) in [5, 5.41) is 13.9. The molecule has 2 aromatic carbocycles. The smallest absolute Gasteiger partial charge is 0.231 e. The van der Waals surface area contributed by atoms with E-state index in [9.17, 15) is 9.90 Å². The summed E-state index contributed by atoms with van der Waals surface area (Å²) in [7, 11) is 0. The van der Waals surface area contributed by atoms with Crippen molar-refractivity contribution in [3.8, 4) is 5.88 Å². The van der Waals surface area contributed by atoms with Crippen molar-refractivity contribution >= 4 is 51.5 Å². The molecular formula is C20H15N3O2S. The van der Waals surface area contributed by atoms with Gasteiger partial charge in [-0.3, -0.25) is 9.79 Å². The van der Waals surface area contributed by atoms with Crippen molar-refractivity contribution in [3.05, 3.63) is 64.5 Å². The number of carbonyl (C=O) groups is 1. The fourth-order valence-corrected chi connectivity index (χ4v) is 3.51. The third-order valence-corrected chi connectivity index (χ3v) is 4.93. The highest BCUT2D eigenvalue weighted by molar-refractivity contribution is 7.16. The van der Waals surface area contributed by atoms with Crippen molar-refractivity contribution in [2.45, 2.75) is 6.92 Å². The van der Waals surface area contributed by atoms with Crippen LogP contribution in [0.2, 0.25) is 0 Å². The van der Waals surface area contributed by atoms with Crippen LogP contribution in [-0.4, -0.2) is 22.1 Å². The number of aliphatic imine (C=N–C) groups is 1. The fraction of sp³-hybridized carbons (Fsp3) is 0.0500. The number of nitrogens with one attached hydrogen (secondary N) is 1. The minimum Gasteiger partial charge on any atom is -0.492 e. The number of thiazole rings is 1. The lowest BCUT2D eigenvalue weighted by Crippen LogP contribution is -1.93. The minimum atomic E-state index is -0.0249. The molecule has 0 fully saturated rings. The van der Waals surface area contributed by atoms with Crippen molar-refractivity contribution in [1.82, 2.24) is 4.98 Å². The molecule has 4 rings (SSSR count). The Hall–Kier alpha value is -3.25. The molecule has 1 aliphatic rings. The number of nitrogens with zero attached hydrogens (tertiary/aromatic N) is 2. The number of fused-ring (bicyclic) bond motifs is 1. The van der Waals surface area contributed by atoms with Crippen LogP contribution in [0, 0.1) is 0 Å². The number of rotatable bonds is 4. The monoisotopic (exact) mass is 361 g/mol. The second-order valence-electron chi connectivity index (χ2n) is 5.84. The number of hydrogen-bond donors (Lipinski definition) is 2. The second kappa shape index (κ2) is 6.57. The highest BCUT2D eigenvalue weighted by atomic mass is 32.1. The van der Waals surface area contributed by atoms with Gasteiger partial charge < -0.3 is 10.4 Å². The van der Waals surface area contributed by atoms with Crippen molar-refractivity contribution < 1.29 is 9.90 Å². The van der Waals surface area contributed by atoms with Gasteiger partial charge in [0.25, 0.3) is 0 Å². The summed E-state index contributed by atoms with van der Waals surface area (Å²) >= 11 is 1.35. The molecule has 0 saturated heterocycles. The van der Waals surface area contributed by atoms with Crippen LogP contribution in [-0.2, 0) is 0 Å². The molecule has 128 valence electrons. The molecule has 0 bridgehead atoms. The Labute approximate surface area is 154 Å². The lowest BCUT2D eigenvalue weighted by molar-refractivity contribution is 0.101. The zero-order valence-corrected chi connectivity index (χ0v) is 14.7. The molecule has 0 saturated carbocycles. The third kappa shape index (κ3) is 3.14. The molecule has 26 heavy (non-hydrogen) atoms. The van der Waals surface area contributed by atoms with Gasteiger partial charge in [0.1, 0.15) is 0 Å². The molecule has 0 spiro atoms. The van der Waals surface area contributed by atoms with E-state index in [0.29, 0.717) is 15.6 Å². The Balaban J connectivity index is 1.58. The van der Waals surface area contributed by atoms with E-state index < -0.39 is 0 Å². The van der Waals surface area contributed by atoms with Gasteiger partial charge in [0.15, 0.2) is 10.9 Å². The first-order valence-electron chi connectivity index (χ1n) is 8.03. The van der Waals surface area contributed by atoms with Crippen molar-refractivity contribution in [1.29, 1.82) is 0 Å². The van der Waals surface area contributed by atoms with Gasteiger partial charge in [0.2, 0.25) is 5.88 Å². The first-order chi connectivity index (χ1) is 12.6. The standard InChI is InChI=1S/C20H15N3O2S/c1-12(24)13-6-8-15(9-7-13)22-20-23-19(25)18(26-20)10-14-11-21-17-5-3-2-4-16(14)17/h2-11,25H,1H3,(H,22,23)/b14-10-. The number of aromatic nitrogens is 1. The maximum absolute atomic E-state index is 11.3. The molecule has 0 aliphatic carbocycles. The molecule has 3 aromatic rings. The van der Waals surface area contributed by atoms with Gasteiger partial charge in [0, 0.05) is 28.6 Å². The van der Waals surface area contributed by atoms with Crippen LogP contribution in [0.3, 0.4) is 0 Å². The summed E-state index contributed by atoms with van der Waals surface area (Å²) in [6, 6.07) is 15.0. The zero-order chi connectivity index (χ0) is 18.1. The minimum absolute atomic E-state index is 0.0239. The lowest BCUT2D eigenvalue weighted by Gasteiger charge is -2.02. The van der Waals surface area contributed by atoms with E-state index in [-0.39, 0.29) is 11.7 Å². The maximum atomic E-state index is 11.3. The molecule has 5 nitrogen and oxygen atoms in total. The quantitative estimate of drug-likeness (QED) is 0.638. The van der Waals surface area contributed by atoms with E-state index in [4.69, 9.17) is 0 Å². The summed E-state index contributed by atoms with van der Waals surface area (Å²) in [6.45, 7) is 1.53. The van der Waals surface area contributed by atoms with Crippen LogP contribution >= 0.6 is 11.3 Å². The predicted octanol–water partition coefficient (Wildman–Crippen LogP) is 5.05. The molecule has 0 unspecified atom stereocenters. The van der Waals surface area contributed by atoms with Gasteiger partial charge in [-0.15, -0.1) is 0 Å². The van der Waals surface area contributed by atoms with Gasteiger partial charge in [-0.05, 0) is 43.3 Å². The largest absolute Gasteiger partial charge is 0.492 e. The van der Waals surface area contributed by atoms with Gasteiger partial charge in [0.05, 0.1) is 10.6 Å². The number of hydrogen-bond acceptors (Lipinski definition) is 6. The van der Waals surface area contributed by atoms with Crippen LogP contribution in [0.5, 0.6) is 5.88 Å². The fourth-order valence-electron chi connectivity index (χ4n) is 2.68. The first kappa shape index (κ1) is 16.2. The van der Waals surface area contributed by atoms with E-state index in [1.54, 1.807) is 18.3 Å². The van der Waals surface area contributed by atoms with E-state index >= 15 is 0 Å². The maximum Gasteiger partial charge on any atom is 0.231 e. The molecule has 2 heterocycles. The summed E-state index contributed by atoms with van der Waals surface area (Å²) < 4.78 is 0. The van der Waals surface area contributed by atoms with Crippen molar-refractivity contribution in [3.63, 3.8) is 0 Å². The number of aromatic hydroxyl groups is 1. The van der Waals surface area contributed by atoms with Gasteiger partial charge in [-0.2, -0.15) is 4.98 Å². The molecule has 6 heteroatoms. The number of Topliss-reactive ketones (excluding diaryl/α,β-unsaturated/α-hetero) is 1. The Kier molecular flexibility index (Phi) is 4.10. The Morgan fingerprint density at radius 3 is 2.69 bits per heavy atom. The average Bonchev–Trinajstić information content (AvgIpc) is 3.20. The Bertz CT molecular complexity index is 1050. The number of para-hydroxylation sites is 1. The molecule has 1 aliphatic heterocycles. The van der Waals surface area contributed by atoms with Crippen molar-refractivity contribution in [2.75, 3.05) is 5.32 Å². The third-order valence-electron chi connectivity index (χ3n) is 4.02. The van der Waals surface area contributed by atoms with Gasteiger partial charge in [-0.1, -0.05) is 29.5 Å². The van der Waals surface area contributed by atoms with Crippen LogP contribution in [0.4, 0.5) is 16.5 Å². The van der Waals surface area contributed by atoms with E-state index in [2.05, 4.69) is 15.3 Å². The number of ketones is 1. The summed E-state index contributed by atoms with van der Waals surface area (Å²) in [5.74, 6) is -0.000926. The number of benzene rings is 2. The van der Waals surface area contributed by atoms with Gasteiger partial charge in [-0.25, -0.2) is 0 Å². The van der Waals surface area contributed by atoms with E-state index in [0.717, 1.165) is 22.5 Å². The highest BCUT2D eigenvalue weighted by Crippen LogP contribution is 2.37. The number of anilines is 2. The average molecular weight is 361 g/mol. The molecular weight excluding hydrogens is 346 g/mol. The first-order valence-corrected chi connectivity index (χ1v) is 8.85. The lowest BCUT2D eigenvalue weighted by atomic mass is 10.1. The summed E-state index contributed by atoms with van der Waals surface area (Å²) in [6.07, 6.45) is 3.67. The summed E-state index contributed by atoms with van der Waals surface area (Å²) in [5.41, 5.74) is 4.36. The van der Waals surface area contributed by atoms with Gasteiger partial charge >= 0.3 is 0 Å². The molecule has 0 atom stereocenters. The number of allylic oxidation sites excluding steroid dienone is 1. The Morgan fingerprint density at radius 2 is 1.92 bits per heavy atom. The topological polar surface area (TPSA) is 74.6 Å². The SMILES string of the molecule is CC(=O)c1ccc(Nc2nc(O)c(/C=C3/C=Nc4ccccc43)s2)cc1. The van der Waals surface area contributed by atoms with Crippen molar-refractivity contribution in [2.24, 2.45) is 4.99 Å². The predicted molar refractivity (Wildman–Crippen MR) is 106 cm³/mol. The molecule has 2 N–H and O–H groups in total. The van der Waals surface area contributed by atoms with Crippen LogP contribution in [0.1, 0.15) is 27.7 Å². The zero-order valence-electron chi connectivity index (χ0n) is 13.9. The van der Waals surface area contributed by atoms with E-state index in [1.807, 2.05) is 42.5 Å². The summed E-state index contributed by atoms with van der Waals surface area (Å²) in [4.78, 5) is 20.5. The van der Waals surface area contributed by atoms with E-state index in [1.165, 1.54) is 18.3 Å². The van der Waals surface area contributed by atoms with Crippen LogP contribution in [0.25, 0.3) is 11.6 Å².